The van der Waals surface area contributed by atoms with Crippen molar-refractivity contribution in [3.8, 4) is 5.75 Å². The Morgan fingerprint density at radius 1 is 1.18 bits per heavy atom. The first-order valence-electron chi connectivity index (χ1n) is 12.1. The summed E-state index contributed by atoms with van der Waals surface area (Å²) in [5.74, 6) is -4.17. The number of rotatable bonds is 3. The largest absolute Gasteiger partial charge is 0.485 e. The SMILES string of the molecule is Cc1cc(NC(=O)c2c3c(cn2C)S(=O)(=O)NC2CN(C(=O)C(=O)NC(C)(C)C(F)(F)F)CCC2O3)ccc1F. The van der Waals surface area contributed by atoms with Crippen LogP contribution >= 0.6 is 0 Å². The molecular formula is C24H27F4N5O6S. The Balaban J connectivity index is 1.55. The Morgan fingerprint density at radius 2 is 1.85 bits per heavy atom. The minimum atomic E-state index is -4.81. The zero-order valence-corrected chi connectivity index (χ0v) is 22.7. The summed E-state index contributed by atoms with van der Waals surface area (Å²) in [6, 6.07) is 2.85. The zero-order chi connectivity index (χ0) is 29.8. The molecule has 3 amide bonds. The molecule has 11 nitrogen and oxygen atoms in total. The highest BCUT2D eigenvalue weighted by Gasteiger charge is 2.50. The van der Waals surface area contributed by atoms with Crippen molar-refractivity contribution in [1.29, 1.82) is 0 Å². The predicted octanol–water partition coefficient (Wildman–Crippen LogP) is 1.82. The molecule has 4 rings (SSSR count). The van der Waals surface area contributed by atoms with E-state index in [2.05, 4.69) is 10.0 Å². The molecule has 0 spiro atoms. The summed E-state index contributed by atoms with van der Waals surface area (Å²) in [5, 5.41) is 4.25. The second-order valence-corrected chi connectivity index (χ2v) is 11.9. The minimum absolute atomic E-state index is 0.00141. The number of hydrogen-bond donors (Lipinski definition) is 3. The second-order valence-electron chi connectivity index (χ2n) is 10.2. The lowest BCUT2D eigenvalue weighted by Crippen LogP contribution is -2.61. The van der Waals surface area contributed by atoms with Crippen molar-refractivity contribution in [3.63, 3.8) is 0 Å². The molecule has 2 aliphatic heterocycles. The van der Waals surface area contributed by atoms with E-state index in [0.717, 1.165) is 4.90 Å². The number of likely N-dealkylation sites (tertiary alicyclic amines) is 1. The number of ether oxygens (including phenoxy) is 1. The van der Waals surface area contributed by atoms with Crippen molar-refractivity contribution >= 4 is 33.4 Å². The molecular weight excluding hydrogens is 562 g/mol. The Labute approximate surface area is 226 Å². The van der Waals surface area contributed by atoms with Crippen LogP contribution in [0, 0.1) is 12.7 Å². The van der Waals surface area contributed by atoms with Gasteiger partial charge < -0.3 is 24.8 Å². The fourth-order valence-corrected chi connectivity index (χ4v) is 5.83. The van der Waals surface area contributed by atoms with Crippen LogP contribution in [0.1, 0.15) is 36.3 Å². The average Bonchev–Trinajstić information content (AvgIpc) is 3.12. The number of nitrogens with zero attached hydrogens (tertiary/aromatic N) is 2. The van der Waals surface area contributed by atoms with Crippen LogP contribution in [0.15, 0.2) is 29.3 Å². The molecule has 2 atom stereocenters. The molecule has 3 N–H and O–H groups in total. The summed E-state index contributed by atoms with van der Waals surface area (Å²) >= 11 is 0. The number of fused-ring (bicyclic) bond motifs is 2. The molecule has 0 saturated carbocycles. The van der Waals surface area contributed by atoms with Crippen LogP contribution < -0.4 is 20.1 Å². The number of hydrogen-bond acceptors (Lipinski definition) is 6. The highest BCUT2D eigenvalue weighted by Crippen LogP contribution is 2.36. The second kappa shape index (κ2) is 10.1. The molecule has 2 unspecified atom stereocenters. The Morgan fingerprint density at radius 3 is 2.48 bits per heavy atom. The van der Waals surface area contributed by atoms with E-state index < -0.39 is 57.4 Å². The van der Waals surface area contributed by atoms with E-state index in [1.54, 1.807) is 5.32 Å². The number of amides is 3. The van der Waals surface area contributed by atoms with Crippen molar-refractivity contribution in [2.24, 2.45) is 7.05 Å². The number of nitrogens with one attached hydrogen (secondary N) is 3. The molecule has 2 aromatic rings. The average molecular weight is 590 g/mol. The fraction of sp³-hybridized carbons (Fsp3) is 0.458. The molecule has 218 valence electrons. The van der Waals surface area contributed by atoms with Gasteiger partial charge in [0.25, 0.3) is 5.91 Å². The quantitative estimate of drug-likeness (QED) is 0.369. The van der Waals surface area contributed by atoms with Crippen LogP contribution in [-0.2, 0) is 26.7 Å². The zero-order valence-electron chi connectivity index (χ0n) is 21.8. The van der Waals surface area contributed by atoms with Crippen LogP contribution in [0.5, 0.6) is 5.75 Å². The maximum Gasteiger partial charge on any atom is 0.410 e. The minimum Gasteiger partial charge on any atom is -0.485 e. The lowest BCUT2D eigenvalue weighted by molar-refractivity contribution is -0.189. The van der Waals surface area contributed by atoms with Gasteiger partial charge in [-0.25, -0.2) is 17.5 Å². The van der Waals surface area contributed by atoms with Gasteiger partial charge in [0.2, 0.25) is 10.0 Å². The van der Waals surface area contributed by atoms with Crippen LogP contribution in [0.25, 0.3) is 0 Å². The summed E-state index contributed by atoms with van der Waals surface area (Å²) in [4.78, 5) is 38.7. The number of aromatic nitrogens is 1. The number of anilines is 1. The van der Waals surface area contributed by atoms with Gasteiger partial charge in [-0.3, -0.25) is 14.4 Å². The standard InChI is InChI=1S/C24H27F4N5O6S/c1-12-9-13(5-6-14(12)25)29-20(34)18-19-17(11-32(18)4)40(37,38)31-15-10-33(8-7-16(15)39-19)22(36)21(35)30-23(2,3)24(26,27)28/h5-6,9,11,15-16,31H,7-8,10H2,1-4H3,(H,29,34)(H,30,35). The molecule has 2 aliphatic rings. The number of carbonyl (C=O) groups is 3. The fourth-order valence-electron chi connectivity index (χ4n) is 4.39. The first kappa shape index (κ1) is 29.3. The molecule has 0 bridgehead atoms. The van der Waals surface area contributed by atoms with E-state index in [1.165, 1.54) is 42.9 Å². The van der Waals surface area contributed by atoms with E-state index in [4.69, 9.17) is 4.74 Å². The number of carbonyl (C=O) groups excluding carboxylic acids is 3. The molecule has 0 radical (unpaired) electrons. The Kier molecular flexibility index (Phi) is 7.38. The van der Waals surface area contributed by atoms with Gasteiger partial charge in [0.1, 0.15) is 22.4 Å². The number of benzene rings is 1. The van der Waals surface area contributed by atoms with Gasteiger partial charge in [-0.2, -0.15) is 13.2 Å². The van der Waals surface area contributed by atoms with Gasteiger partial charge in [-0.05, 0) is 44.5 Å². The van der Waals surface area contributed by atoms with E-state index in [-0.39, 0.29) is 47.1 Å². The molecule has 0 aliphatic carbocycles. The normalized spacial score (nSPS) is 20.4. The number of alkyl halides is 3. The van der Waals surface area contributed by atoms with E-state index in [0.29, 0.717) is 13.8 Å². The van der Waals surface area contributed by atoms with Gasteiger partial charge in [-0.1, -0.05) is 0 Å². The first-order chi connectivity index (χ1) is 18.4. The van der Waals surface area contributed by atoms with Gasteiger partial charge in [0.05, 0.1) is 6.04 Å². The highest BCUT2D eigenvalue weighted by molar-refractivity contribution is 7.89. The summed E-state index contributed by atoms with van der Waals surface area (Å²) in [6.45, 7) is 2.44. The monoisotopic (exact) mass is 589 g/mol. The van der Waals surface area contributed by atoms with Crippen molar-refractivity contribution < 1.29 is 45.1 Å². The number of halogens is 4. The lowest BCUT2D eigenvalue weighted by atomic mass is 10.0. The summed E-state index contributed by atoms with van der Waals surface area (Å²) in [7, 11) is -2.86. The summed E-state index contributed by atoms with van der Waals surface area (Å²) < 4.78 is 89.1. The van der Waals surface area contributed by atoms with Gasteiger partial charge in [0.15, 0.2) is 11.4 Å². The molecule has 1 fully saturated rings. The molecule has 1 aromatic carbocycles. The van der Waals surface area contributed by atoms with Gasteiger partial charge in [0, 0.05) is 38.4 Å². The maximum atomic E-state index is 13.6. The third-order valence-corrected chi connectivity index (χ3v) is 8.25. The van der Waals surface area contributed by atoms with E-state index in [9.17, 15) is 40.4 Å². The number of sulfonamides is 1. The Bertz CT molecular complexity index is 1490. The highest BCUT2D eigenvalue weighted by atomic mass is 32.2. The topological polar surface area (TPSA) is 139 Å². The van der Waals surface area contributed by atoms with Crippen molar-refractivity contribution in [1.82, 2.24) is 19.5 Å². The lowest BCUT2D eigenvalue weighted by Gasteiger charge is -2.37. The third kappa shape index (κ3) is 5.50. The predicted molar refractivity (Wildman–Crippen MR) is 133 cm³/mol. The van der Waals surface area contributed by atoms with Crippen molar-refractivity contribution in [2.45, 2.75) is 55.9 Å². The summed E-state index contributed by atoms with van der Waals surface area (Å²) in [5.41, 5.74) is -2.25. The molecule has 40 heavy (non-hydrogen) atoms. The van der Waals surface area contributed by atoms with Gasteiger partial charge >= 0.3 is 18.0 Å². The van der Waals surface area contributed by atoms with Crippen LogP contribution in [0.2, 0.25) is 0 Å². The van der Waals surface area contributed by atoms with Gasteiger partial charge in [-0.15, -0.1) is 0 Å². The van der Waals surface area contributed by atoms with E-state index >= 15 is 0 Å². The van der Waals surface area contributed by atoms with Crippen LogP contribution in [-0.4, -0.2) is 72.6 Å². The Hall–Kier alpha value is -3.66. The van der Waals surface area contributed by atoms with Crippen molar-refractivity contribution in [3.05, 3.63) is 41.5 Å². The number of aryl methyl sites for hydroxylation is 2. The van der Waals surface area contributed by atoms with Crippen molar-refractivity contribution in [2.75, 3.05) is 18.4 Å². The maximum absolute atomic E-state index is 13.6. The molecule has 3 heterocycles. The summed E-state index contributed by atoms with van der Waals surface area (Å²) in [6.07, 6.45) is -4.51. The van der Waals surface area contributed by atoms with Crippen LogP contribution in [0.4, 0.5) is 23.2 Å². The molecule has 16 heteroatoms. The van der Waals surface area contributed by atoms with Crippen LogP contribution in [0.3, 0.4) is 0 Å². The first-order valence-corrected chi connectivity index (χ1v) is 13.5. The van der Waals surface area contributed by atoms with E-state index in [1.807, 2.05) is 0 Å². The smallest absolute Gasteiger partial charge is 0.410 e. The number of piperidine rings is 1. The molecule has 1 aromatic heterocycles. The third-order valence-electron chi connectivity index (χ3n) is 6.76. The molecule has 1 saturated heterocycles.